The average molecular weight is 406 g/mol. The quantitative estimate of drug-likeness (QED) is 0.352. The van der Waals surface area contributed by atoms with E-state index < -0.39 is 9.85 Å². The number of thioether (sulfide) groups is 1. The summed E-state index contributed by atoms with van der Waals surface area (Å²) in [4.78, 5) is 19.8. The molecular weight excluding hydrogens is 392 g/mol. The van der Waals surface area contributed by atoms with Crippen LogP contribution in [0.4, 0.5) is 11.4 Å². The van der Waals surface area contributed by atoms with Crippen LogP contribution in [0.2, 0.25) is 0 Å². The number of aromatic nitrogens is 4. The smallest absolute Gasteiger partial charge is 0.322 e. The Morgan fingerprint density at radius 1 is 1.32 bits per heavy atom. The minimum absolute atomic E-state index is 0.0579. The van der Waals surface area contributed by atoms with Crippen molar-refractivity contribution in [2.45, 2.75) is 11.9 Å². The Hall–Kier alpha value is -2.32. The fourth-order valence-corrected chi connectivity index (χ4v) is 2.86. The van der Waals surface area contributed by atoms with E-state index in [0.717, 1.165) is 11.8 Å². The summed E-state index contributed by atoms with van der Waals surface area (Å²) >= 11 is 10.5. The third kappa shape index (κ3) is 6.24. The topological polar surface area (TPSA) is 134 Å². The molecule has 2 rings (SSSR count). The molecule has 0 aliphatic heterocycles. The number of rotatable bonds is 4. The highest BCUT2D eigenvalue weighted by Crippen LogP contribution is 2.28. The SMILES string of the molecule is CCOC(=S)Sc1nn(C)cc1[N+](=O)[O-].Cn1cc([N+](=O)[O-])c(=S)[nH]1. The molecule has 0 unspecified atom stereocenters. The van der Waals surface area contributed by atoms with Gasteiger partial charge in [0.25, 0.3) is 0 Å². The van der Waals surface area contributed by atoms with Crippen molar-refractivity contribution in [2.75, 3.05) is 6.61 Å². The largest absolute Gasteiger partial charge is 0.479 e. The number of aryl methyl sites for hydroxylation is 2. The van der Waals surface area contributed by atoms with Crippen LogP contribution in [0.3, 0.4) is 0 Å². The third-order valence-corrected chi connectivity index (χ3v) is 3.88. The van der Waals surface area contributed by atoms with Crippen molar-refractivity contribution in [1.29, 1.82) is 0 Å². The number of nitrogens with zero attached hydrogens (tertiary/aromatic N) is 5. The van der Waals surface area contributed by atoms with Crippen LogP contribution in [0.5, 0.6) is 0 Å². The second kappa shape index (κ2) is 9.24. The molecule has 0 radical (unpaired) electrons. The van der Waals surface area contributed by atoms with Crippen molar-refractivity contribution in [3.8, 4) is 0 Å². The van der Waals surface area contributed by atoms with Gasteiger partial charge < -0.3 is 4.74 Å². The van der Waals surface area contributed by atoms with E-state index in [0.29, 0.717) is 6.61 Å². The van der Waals surface area contributed by atoms with Crippen molar-refractivity contribution >= 4 is 52.0 Å². The highest BCUT2D eigenvalue weighted by atomic mass is 32.2. The first kappa shape index (κ1) is 20.7. The van der Waals surface area contributed by atoms with E-state index in [1.807, 2.05) is 0 Å². The molecule has 0 amide bonds. The van der Waals surface area contributed by atoms with Crippen LogP contribution < -0.4 is 0 Å². The molecular formula is C11H14N6O5S3. The van der Waals surface area contributed by atoms with Gasteiger partial charge in [0, 0.05) is 14.1 Å². The maximum Gasteiger partial charge on any atom is 0.322 e. The van der Waals surface area contributed by atoms with Crippen LogP contribution in [0.1, 0.15) is 6.92 Å². The molecule has 1 N–H and O–H groups in total. The van der Waals surface area contributed by atoms with Gasteiger partial charge in [-0.3, -0.25) is 34.7 Å². The Bertz CT molecular complexity index is 842. The van der Waals surface area contributed by atoms with Gasteiger partial charge in [0.15, 0.2) is 4.64 Å². The van der Waals surface area contributed by atoms with E-state index in [9.17, 15) is 20.2 Å². The summed E-state index contributed by atoms with van der Waals surface area (Å²) in [6.07, 6.45) is 2.67. The van der Waals surface area contributed by atoms with Crippen molar-refractivity contribution in [2.24, 2.45) is 14.1 Å². The van der Waals surface area contributed by atoms with Crippen LogP contribution in [-0.2, 0) is 18.8 Å². The fourth-order valence-electron chi connectivity index (χ4n) is 1.50. The molecule has 14 heteroatoms. The van der Waals surface area contributed by atoms with Gasteiger partial charge in [0.2, 0.25) is 9.41 Å². The summed E-state index contributed by atoms with van der Waals surface area (Å²) in [6.45, 7) is 2.23. The Kier molecular flexibility index (Phi) is 7.66. The summed E-state index contributed by atoms with van der Waals surface area (Å²) in [5, 5.41) is 27.5. The number of ether oxygens (including phenoxy) is 1. The first-order valence-electron chi connectivity index (χ1n) is 6.58. The Balaban J connectivity index is 0.000000271. The number of nitro groups is 2. The van der Waals surface area contributed by atoms with Gasteiger partial charge >= 0.3 is 11.4 Å². The highest BCUT2D eigenvalue weighted by molar-refractivity contribution is 8.22. The maximum atomic E-state index is 10.6. The molecule has 0 atom stereocenters. The molecule has 2 aromatic heterocycles. The van der Waals surface area contributed by atoms with Crippen molar-refractivity contribution in [1.82, 2.24) is 19.6 Å². The Morgan fingerprint density at radius 2 is 1.92 bits per heavy atom. The molecule has 2 heterocycles. The molecule has 25 heavy (non-hydrogen) atoms. The molecule has 0 saturated carbocycles. The predicted molar refractivity (Wildman–Crippen MR) is 97.2 cm³/mol. The molecule has 0 aromatic carbocycles. The number of hydrogen-bond donors (Lipinski definition) is 1. The second-order valence-electron chi connectivity index (χ2n) is 4.36. The van der Waals surface area contributed by atoms with Crippen LogP contribution in [0, 0.1) is 24.9 Å². The third-order valence-electron chi connectivity index (χ3n) is 2.44. The molecule has 0 aliphatic carbocycles. The number of aromatic amines is 1. The minimum Gasteiger partial charge on any atom is -0.479 e. The Labute approximate surface area is 156 Å². The van der Waals surface area contributed by atoms with Crippen molar-refractivity contribution in [3.63, 3.8) is 0 Å². The van der Waals surface area contributed by atoms with Crippen LogP contribution in [0.25, 0.3) is 0 Å². The van der Waals surface area contributed by atoms with E-state index >= 15 is 0 Å². The lowest BCUT2D eigenvalue weighted by atomic mass is 10.6. The second-order valence-corrected chi connectivity index (χ2v) is 6.36. The van der Waals surface area contributed by atoms with Crippen molar-refractivity contribution in [3.05, 3.63) is 37.3 Å². The first-order chi connectivity index (χ1) is 11.6. The minimum atomic E-state index is -0.515. The number of hydrogen-bond acceptors (Lipinski definition) is 9. The molecule has 0 saturated heterocycles. The van der Waals surface area contributed by atoms with Gasteiger partial charge in [-0.2, -0.15) is 5.10 Å². The van der Waals surface area contributed by atoms with Crippen LogP contribution in [0.15, 0.2) is 17.4 Å². The van der Waals surface area contributed by atoms with Crippen molar-refractivity contribution < 1.29 is 14.6 Å². The summed E-state index contributed by atoms with van der Waals surface area (Å²) in [7, 11) is 3.25. The zero-order chi connectivity index (χ0) is 19.1. The number of H-pyrrole nitrogens is 1. The first-order valence-corrected chi connectivity index (χ1v) is 8.21. The summed E-state index contributed by atoms with van der Waals surface area (Å²) in [6, 6.07) is 0. The van der Waals surface area contributed by atoms with Gasteiger partial charge in [0.05, 0.1) is 16.5 Å². The van der Waals surface area contributed by atoms with Gasteiger partial charge in [-0.25, -0.2) is 0 Å². The zero-order valence-corrected chi connectivity index (χ0v) is 15.8. The molecule has 136 valence electrons. The van der Waals surface area contributed by atoms with E-state index in [4.69, 9.17) is 17.0 Å². The summed E-state index contributed by atoms with van der Waals surface area (Å²) < 4.78 is 8.22. The van der Waals surface area contributed by atoms with E-state index in [1.165, 1.54) is 21.8 Å². The van der Waals surface area contributed by atoms with E-state index in [-0.39, 0.29) is 25.4 Å². The van der Waals surface area contributed by atoms with Crippen LogP contribution >= 0.6 is 36.2 Å². The van der Waals surface area contributed by atoms with Gasteiger partial charge in [-0.15, -0.1) is 0 Å². The average Bonchev–Trinajstić information content (AvgIpc) is 3.02. The van der Waals surface area contributed by atoms with Gasteiger partial charge in [0.1, 0.15) is 12.4 Å². The van der Waals surface area contributed by atoms with E-state index in [1.54, 1.807) is 21.0 Å². The lowest BCUT2D eigenvalue weighted by Gasteiger charge is -2.00. The standard InChI is InChI=1S/C7H9N3O3S2.C4H5N3O2S/c1-3-13-7(14)15-6-5(10(11)12)4-9(2)8-6;1-6-2-3(7(8)9)4(10)5-6/h4H,3H2,1-2H3;2H,1H3,(H,5,10). The molecule has 0 spiro atoms. The summed E-state index contributed by atoms with van der Waals surface area (Å²) in [5.74, 6) is 0. The molecule has 0 aliphatic rings. The van der Waals surface area contributed by atoms with Crippen LogP contribution in [-0.4, -0.2) is 40.4 Å². The molecule has 2 aromatic rings. The Morgan fingerprint density at radius 3 is 2.32 bits per heavy atom. The normalized spacial score (nSPS) is 9.88. The maximum absolute atomic E-state index is 10.6. The summed E-state index contributed by atoms with van der Waals surface area (Å²) in [5.41, 5.74) is -0.123. The molecule has 0 bridgehead atoms. The highest BCUT2D eigenvalue weighted by Gasteiger charge is 2.20. The number of thiocarbonyl (C=S) groups is 1. The molecule has 11 nitrogen and oxygen atoms in total. The number of nitrogens with one attached hydrogen (secondary N) is 1. The van der Waals surface area contributed by atoms with E-state index in [2.05, 4.69) is 22.4 Å². The predicted octanol–water partition coefficient (Wildman–Crippen LogP) is 2.73. The monoisotopic (exact) mass is 406 g/mol. The lowest BCUT2D eigenvalue weighted by Crippen LogP contribution is -1.97. The fraction of sp³-hybridized carbons (Fsp3) is 0.364. The molecule has 0 fully saturated rings. The van der Waals surface area contributed by atoms with Gasteiger partial charge in [-0.05, 0) is 30.9 Å². The van der Waals surface area contributed by atoms with Gasteiger partial charge in [-0.1, -0.05) is 12.2 Å². The zero-order valence-electron chi connectivity index (χ0n) is 13.4. The lowest BCUT2D eigenvalue weighted by molar-refractivity contribution is -0.387.